The first-order valence-electron chi connectivity index (χ1n) is 9.38. The molecular weight excluding hydrogens is 396 g/mol. The summed E-state index contributed by atoms with van der Waals surface area (Å²) in [5, 5.41) is 0.490. The Morgan fingerprint density at radius 1 is 1.14 bits per heavy atom. The zero-order valence-electron chi connectivity index (χ0n) is 16.1. The van der Waals surface area contributed by atoms with Crippen LogP contribution in [0.5, 0.6) is 0 Å². The number of carbonyl (C=O) groups excluding carboxylic acids is 4. The molecule has 0 spiro atoms. The normalized spacial score (nSPS) is 17.9. The van der Waals surface area contributed by atoms with Gasteiger partial charge in [0, 0.05) is 18.7 Å². The van der Waals surface area contributed by atoms with Crippen molar-refractivity contribution in [3.63, 3.8) is 0 Å². The van der Waals surface area contributed by atoms with Crippen molar-refractivity contribution in [2.24, 2.45) is 0 Å². The number of benzene rings is 1. The van der Waals surface area contributed by atoms with Gasteiger partial charge in [0.15, 0.2) is 0 Å². The molecule has 3 rings (SSSR count). The van der Waals surface area contributed by atoms with Crippen molar-refractivity contribution in [2.75, 3.05) is 37.0 Å². The average Bonchev–Trinajstić information content (AvgIpc) is 3.28. The lowest BCUT2D eigenvalue weighted by molar-refractivity contribution is -0.137. The fourth-order valence-corrected chi connectivity index (χ4v) is 4.02. The van der Waals surface area contributed by atoms with Crippen LogP contribution in [0, 0.1) is 0 Å². The maximum Gasteiger partial charge on any atom is 0.338 e. The number of rotatable bonds is 7. The zero-order valence-corrected chi connectivity index (χ0v) is 16.9. The van der Waals surface area contributed by atoms with E-state index in [1.807, 2.05) is 0 Å². The van der Waals surface area contributed by atoms with E-state index in [1.165, 1.54) is 22.7 Å². The van der Waals surface area contributed by atoms with Crippen molar-refractivity contribution in [1.82, 2.24) is 4.90 Å². The molecule has 2 amide bonds. The average molecular weight is 418 g/mol. The van der Waals surface area contributed by atoms with Crippen molar-refractivity contribution in [3.05, 3.63) is 40.9 Å². The molecule has 29 heavy (non-hydrogen) atoms. The van der Waals surface area contributed by atoms with Crippen LogP contribution in [-0.2, 0) is 23.9 Å². The molecule has 0 N–H and O–H groups in total. The van der Waals surface area contributed by atoms with Gasteiger partial charge in [-0.3, -0.25) is 9.59 Å². The van der Waals surface area contributed by atoms with Gasteiger partial charge in [0.1, 0.15) is 6.61 Å². The van der Waals surface area contributed by atoms with E-state index in [1.54, 1.807) is 36.1 Å². The monoisotopic (exact) mass is 418 g/mol. The van der Waals surface area contributed by atoms with Gasteiger partial charge in [-0.2, -0.15) is 0 Å². The lowest BCUT2D eigenvalue weighted by atomic mass is 10.2. The SMILES string of the molecule is CCOC(=O)/C=C1/SCC(=O)N1CCOC(=O)c1ccc(N2CCCC2=O)cc1. The van der Waals surface area contributed by atoms with Gasteiger partial charge in [-0.25, -0.2) is 9.59 Å². The van der Waals surface area contributed by atoms with Crippen molar-refractivity contribution >= 4 is 41.2 Å². The first kappa shape index (κ1) is 20.9. The van der Waals surface area contributed by atoms with E-state index in [4.69, 9.17) is 9.47 Å². The fraction of sp³-hybridized carbons (Fsp3) is 0.400. The predicted molar refractivity (Wildman–Crippen MR) is 107 cm³/mol. The Bertz CT molecular complexity index is 836. The first-order valence-corrected chi connectivity index (χ1v) is 10.4. The molecule has 0 radical (unpaired) electrons. The number of nitrogens with zero attached hydrogens (tertiary/aromatic N) is 2. The molecule has 8 nitrogen and oxygen atoms in total. The van der Waals surface area contributed by atoms with Crippen LogP contribution in [0.15, 0.2) is 35.4 Å². The maximum atomic E-state index is 12.2. The Hall–Kier alpha value is -2.81. The molecule has 0 aromatic heterocycles. The smallest absolute Gasteiger partial charge is 0.338 e. The highest BCUT2D eigenvalue weighted by molar-refractivity contribution is 8.04. The summed E-state index contributed by atoms with van der Waals surface area (Å²) in [4.78, 5) is 50.7. The van der Waals surface area contributed by atoms with Crippen LogP contribution in [0.1, 0.15) is 30.1 Å². The molecule has 0 atom stereocenters. The molecule has 2 aliphatic rings. The lowest BCUT2D eigenvalue weighted by Crippen LogP contribution is -2.29. The number of ether oxygens (including phenoxy) is 2. The molecule has 1 aromatic carbocycles. The Labute approximate surface area is 172 Å². The molecule has 154 valence electrons. The number of amides is 2. The van der Waals surface area contributed by atoms with Crippen molar-refractivity contribution in [2.45, 2.75) is 19.8 Å². The van der Waals surface area contributed by atoms with Crippen LogP contribution in [0.3, 0.4) is 0 Å². The first-order chi connectivity index (χ1) is 14.0. The highest BCUT2D eigenvalue weighted by atomic mass is 32.2. The molecule has 2 aliphatic heterocycles. The zero-order chi connectivity index (χ0) is 20.8. The highest BCUT2D eigenvalue weighted by Crippen LogP contribution is 2.28. The summed E-state index contributed by atoms with van der Waals surface area (Å²) < 4.78 is 10.1. The van der Waals surface area contributed by atoms with Crippen LogP contribution in [0.2, 0.25) is 0 Å². The van der Waals surface area contributed by atoms with E-state index < -0.39 is 11.9 Å². The van der Waals surface area contributed by atoms with Crippen LogP contribution in [0.4, 0.5) is 5.69 Å². The Morgan fingerprint density at radius 2 is 1.90 bits per heavy atom. The van der Waals surface area contributed by atoms with Crippen LogP contribution >= 0.6 is 11.8 Å². The van der Waals surface area contributed by atoms with Gasteiger partial charge in [-0.1, -0.05) is 11.8 Å². The minimum Gasteiger partial charge on any atom is -0.463 e. The van der Waals surface area contributed by atoms with Crippen LogP contribution in [-0.4, -0.2) is 60.7 Å². The molecule has 2 fully saturated rings. The second-order valence-corrected chi connectivity index (χ2v) is 7.40. The van der Waals surface area contributed by atoms with Crippen molar-refractivity contribution in [1.29, 1.82) is 0 Å². The number of anilines is 1. The summed E-state index contributed by atoms with van der Waals surface area (Å²) >= 11 is 1.25. The Kier molecular flexibility index (Phi) is 6.92. The number of esters is 2. The summed E-state index contributed by atoms with van der Waals surface area (Å²) in [7, 11) is 0. The number of carbonyl (C=O) groups is 4. The van der Waals surface area contributed by atoms with Gasteiger partial charge in [0.25, 0.3) is 0 Å². The molecule has 1 aromatic rings. The second kappa shape index (κ2) is 9.60. The van der Waals surface area contributed by atoms with Crippen LogP contribution < -0.4 is 4.90 Å². The second-order valence-electron chi connectivity index (χ2n) is 6.40. The van der Waals surface area contributed by atoms with E-state index in [-0.39, 0.29) is 37.3 Å². The molecule has 0 unspecified atom stereocenters. The summed E-state index contributed by atoms with van der Waals surface area (Å²) in [6.45, 7) is 2.80. The Balaban J connectivity index is 1.53. The molecule has 2 heterocycles. The van der Waals surface area contributed by atoms with Gasteiger partial charge in [-0.15, -0.1) is 0 Å². The van der Waals surface area contributed by atoms with Gasteiger partial charge in [0.05, 0.1) is 35.6 Å². The van der Waals surface area contributed by atoms with Crippen LogP contribution in [0.25, 0.3) is 0 Å². The molecule has 0 saturated carbocycles. The van der Waals surface area contributed by atoms with Crippen molar-refractivity contribution in [3.8, 4) is 0 Å². The highest BCUT2D eigenvalue weighted by Gasteiger charge is 2.27. The van der Waals surface area contributed by atoms with E-state index in [2.05, 4.69) is 0 Å². The van der Waals surface area contributed by atoms with E-state index in [0.29, 0.717) is 23.6 Å². The quantitative estimate of drug-likeness (QED) is 0.493. The van der Waals surface area contributed by atoms with E-state index in [0.717, 1.165) is 12.1 Å². The third-order valence-electron chi connectivity index (χ3n) is 4.47. The number of hydrogen-bond donors (Lipinski definition) is 0. The largest absolute Gasteiger partial charge is 0.463 e. The summed E-state index contributed by atoms with van der Waals surface area (Å²) in [5.41, 5.74) is 1.13. The summed E-state index contributed by atoms with van der Waals surface area (Å²) in [6, 6.07) is 6.68. The molecule has 0 bridgehead atoms. The minimum absolute atomic E-state index is 0.00232. The maximum absolute atomic E-state index is 12.2. The standard InChI is InChI=1S/C20H22N2O6S/c1-2-27-19(25)12-18-22(17(24)13-29-18)10-11-28-20(26)14-5-7-15(8-6-14)21-9-3-4-16(21)23/h5-8,12H,2-4,9-11,13H2,1H3/b18-12+. The van der Waals surface area contributed by atoms with Crippen molar-refractivity contribution < 1.29 is 28.7 Å². The summed E-state index contributed by atoms with van der Waals surface area (Å²) in [6.07, 6.45) is 2.66. The van der Waals surface area contributed by atoms with Gasteiger partial charge in [0.2, 0.25) is 11.8 Å². The van der Waals surface area contributed by atoms with Gasteiger partial charge < -0.3 is 19.3 Å². The molecule has 0 aliphatic carbocycles. The number of hydrogen-bond acceptors (Lipinski definition) is 7. The molecule has 2 saturated heterocycles. The van der Waals surface area contributed by atoms with E-state index >= 15 is 0 Å². The summed E-state index contributed by atoms with van der Waals surface area (Å²) in [5.74, 6) is -0.861. The van der Waals surface area contributed by atoms with Gasteiger partial charge >= 0.3 is 11.9 Å². The topological polar surface area (TPSA) is 93.2 Å². The lowest BCUT2D eigenvalue weighted by Gasteiger charge is -2.17. The molecule has 9 heteroatoms. The third-order valence-corrected chi connectivity index (χ3v) is 5.50. The minimum atomic E-state index is -0.514. The fourth-order valence-electron chi connectivity index (χ4n) is 3.07. The van der Waals surface area contributed by atoms with Gasteiger partial charge in [-0.05, 0) is 37.6 Å². The predicted octanol–water partition coefficient (Wildman–Crippen LogP) is 1.95. The molecular formula is C20H22N2O6S. The third kappa shape index (κ3) is 5.17. The Morgan fingerprint density at radius 3 is 2.55 bits per heavy atom. The van der Waals surface area contributed by atoms with E-state index in [9.17, 15) is 19.2 Å². The number of thioether (sulfide) groups is 1.